The van der Waals surface area contributed by atoms with E-state index in [-0.39, 0.29) is 11.9 Å². The lowest BCUT2D eigenvalue weighted by atomic mass is 9.86. The summed E-state index contributed by atoms with van der Waals surface area (Å²) in [5.41, 5.74) is 0. The molecule has 0 aromatic carbocycles. The first kappa shape index (κ1) is 12.3. The van der Waals surface area contributed by atoms with Gasteiger partial charge >= 0.3 is 0 Å². The van der Waals surface area contributed by atoms with Crippen LogP contribution in [0.15, 0.2) is 0 Å². The highest BCUT2D eigenvalue weighted by molar-refractivity contribution is 7.17. The molecule has 0 saturated heterocycles. The smallest absolute Gasteiger partial charge is 0.282 e. The van der Waals surface area contributed by atoms with Gasteiger partial charge in [-0.1, -0.05) is 31.1 Å². The summed E-state index contributed by atoms with van der Waals surface area (Å²) in [6, 6.07) is 0.290. The molecule has 1 aromatic heterocycles. The third-order valence-corrected chi connectivity index (χ3v) is 4.20. The van der Waals surface area contributed by atoms with E-state index in [0.717, 1.165) is 6.42 Å². The summed E-state index contributed by atoms with van der Waals surface area (Å²) < 4.78 is 0. The maximum atomic E-state index is 12.0. The second-order valence-corrected chi connectivity index (χ2v) is 5.48. The van der Waals surface area contributed by atoms with Crippen molar-refractivity contribution in [3.8, 4) is 0 Å². The number of carbonyl (C=O) groups excluding carboxylic acids is 1. The van der Waals surface area contributed by atoms with Crippen LogP contribution in [0.2, 0.25) is 0 Å². The number of amides is 1. The minimum atomic E-state index is -0.0947. The molecular formula is C11H18N4OS. The number of nitrogens with zero attached hydrogens (tertiary/aromatic N) is 2. The minimum absolute atomic E-state index is 0.0947. The van der Waals surface area contributed by atoms with E-state index in [0.29, 0.717) is 16.1 Å². The van der Waals surface area contributed by atoms with Crippen LogP contribution in [0.3, 0.4) is 0 Å². The Balaban J connectivity index is 1.96. The zero-order chi connectivity index (χ0) is 12.3. The summed E-state index contributed by atoms with van der Waals surface area (Å²) in [5.74, 6) is 0.465. The number of anilines is 1. The van der Waals surface area contributed by atoms with Gasteiger partial charge in [-0.05, 0) is 18.8 Å². The average Bonchev–Trinajstić information content (AvgIpc) is 2.81. The van der Waals surface area contributed by atoms with Gasteiger partial charge in [0.15, 0.2) is 0 Å². The minimum Gasteiger partial charge on any atom is -0.363 e. The predicted octanol–water partition coefficient (Wildman–Crippen LogP) is 1.89. The second-order valence-electron chi connectivity index (χ2n) is 4.50. The Morgan fingerprint density at radius 2 is 2.12 bits per heavy atom. The molecular weight excluding hydrogens is 236 g/mol. The lowest BCUT2D eigenvalue weighted by molar-refractivity contribution is 0.0909. The molecule has 2 atom stereocenters. The van der Waals surface area contributed by atoms with Crippen LogP contribution in [0.5, 0.6) is 0 Å². The number of rotatable bonds is 3. The van der Waals surface area contributed by atoms with Crippen LogP contribution in [0.25, 0.3) is 0 Å². The van der Waals surface area contributed by atoms with Crippen LogP contribution in [0.1, 0.15) is 42.4 Å². The van der Waals surface area contributed by atoms with E-state index in [1.807, 2.05) is 0 Å². The average molecular weight is 254 g/mol. The van der Waals surface area contributed by atoms with Crippen molar-refractivity contribution in [1.29, 1.82) is 0 Å². The maximum absolute atomic E-state index is 12.0. The van der Waals surface area contributed by atoms with Crippen molar-refractivity contribution in [3.05, 3.63) is 5.01 Å². The molecule has 1 aliphatic rings. The normalized spacial score (nSPS) is 24.4. The van der Waals surface area contributed by atoms with Crippen molar-refractivity contribution in [2.45, 2.75) is 38.6 Å². The molecule has 1 amide bonds. The van der Waals surface area contributed by atoms with E-state index in [1.54, 1.807) is 7.05 Å². The lowest BCUT2D eigenvalue weighted by Crippen LogP contribution is -2.41. The van der Waals surface area contributed by atoms with Crippen LogP contribution in [-0.2, 0) is 0 Å². The zero-order valence-corrected chi connectivity index (χ0v) is 11.0. The van der Waals surface area contributed by atoms with Crippen LogP contribution in [-0.4, -0.2) is 29.2 Å². The molecule has 6 heteroatoms. The molecule has 0 radical (unpaired) electrons. The first-order chi connectivity index (χ1) is 8.20. The van der Waals surface area contributed by atoms with E-state index < -0.39 is 0 Å². The van der Waals surface area contributed by atoms with Gasteiger partial charge < -0.3 is 10.6 Å². The zero-order valence-electron chi connectivity index (χ0n) is 10.2. The van der Waals surface area contributed by atoms with Crippen molar-refractivity contribution in [2.75, 3.05) is 12.4 Å². The summed E-state index contributed by atoms with van der Waals surface area (Å²) in [7, 11) is 1.77. The topological polar surface area (TPSA) is 66.9 Å². The Bertz CT molecular complexity index is 393. The highest BCUT2D eigenvalue weighted by Crippen LogP contribution is 2.24. The highest BCUT2D eigenvalue weighted by atomic mass is 32.1. The summed E-state index contributed by atoms with van der Waals surface area (Å²) in [4.78, 5) is 12.0. The Hall–Kier alpha value is -1.17. The van der Waals surface area contributed by atoms with Crippen molar-refractivity contribution in [2.24, 2.45) is 5.92 Å². The van der Waals surface area contributed by atoms with Gasteiger partial charge in [-0.25, -0.2) is 0 Å². The van der Waals surface area contributed by atoms with Crippen molar-refractivity contribution in [1.82, 2.24) is 15.5 Å². The van der Waals surface area contributed by atoms with Gasteiger partial charge in [0.05, 0.1) is 0 Å². The quantitative estimate of drug-likeness (QED) is 0.864. The molecule has 2 N–H and O–H groups in total. The Morgan fingerprint density at radius 1 is 1.35 bits per heavy atom. The SMILES string of the molecule is CNc1nnc(C(=O)NC2CCCCC2C)s1. The maximum Gasteiger partial charge on any atom is 0.282 e. The molecule has 5 nitrogen and oxygen atoms in total. The molecule has 2 unspecified atom stereocenters. The molecule has 1 aromatic rings. The van der Waals surface area contributed by atoms with Gasteiger partial charge in [-0.15, -0.1) is 10.2 Å². The van der Waals surface area contributed by atoms with Gasteiger partial charge in [0.25, 0.3) is 5.91 Å². The number of carbonyl (C=O) groups is 1. The molecule has 0 spiro atoms. The highest BCUT2D eigenvalue weighted by Gasteiger charge is 2.24. The summed E-state index contributed by atoms with van der Waals surface area (Å²) in [6.45, 7) is 2.20. The summed E-state index contributed by atoms with van der Waals surface area (Å²) in [6.07, 6.45) is 4.75. The van der Waals surface area contributed by atoms with E-state index in [9.17, 15) is 4.79 Å². The van der Waals surface area contributed by atoms with E-state index in [2.05, 4.69) is 27.8 Å². The number of hydrogen-bond donors (Lipinski definition) is 2. The van der Waals surface area contributed by atoms with Gasteiger partial charge in [0.1, 0.15) is 0 Å². The molecule has 0 aliphatic heterocycles. The third-order valence-electron chi connectivity index (χ3n) is 3.26. The molecule has 1 aliphatic carbocycles. The third kappa shape index (κ3) is 2.94. The van der Waals surface area contributed by atoms with Gasteiger partial charge in [-0.2, -0.15) is 0 Å². The standard InChI is InChI=1S/C11H18N4OS/c1-7-5-3-4-6-8(7)13-9(16)10-14-15-11(12-2)17-10/h7-8H,3-6H2,1-2H3,(H,12,15)(H,13,16). The molecule has 2 rings (SSSR count). The van der Waals surface area contributed by atoms with E-state index in [1.165, 1.54) is 30.6 Å². The molecule has 94 valence electrons. The predicted molar refractivity (Wildman–Crippen MR) is 68.3 cm³/mol. The lowest BCUT2D eigenvalue weighted by Gasteiger charge is -2.29. The van der Waals surface area contributed by atoms with Crippen molar-refractivity contribution >= 4 is 22.4 Å². The van der Waals surface area contributed by atoms with Crippen LogP contribution < -0.4 is 10.6 Å². The van der Waals surface area contributed by atoms with Gasteiger partial charge in [-0.3, -0.25) is 4.79 Å². The van der Waals surface area contributed by atoms with Crippen LogP contribution in [0.4, 0.5) is 5.13 Å². The molecule has 0 bridgehead atoms. The Kier molecular flexibility index (Phi) is 3.93. The monoisotopic (exact) mass is 254 g/mol. The fourth-order valence-corrected chi connectivity index (χ4v) is 2.78. The number of hydrogen-bond acceptors (Lipinski definition) is 5. The van der Waals surface area contributed by atoms with E-state index >= 15 is 0 Å². The van der Waals surface area contributed by atoms with E-state index in [4.69, 9.17) is 0 Å². The van der Waals surface area contributed by atoms with Crippen molar-refractivity contribution in [3.63, 3.8) is 0 Å². The van der Waals surface area contributed by atoms with Crippen LogP contribution >= 0.6 is 11.3 Å². The summed E-state index contributed by atoms with van der Waals surface area (Å²) >= 11 is 1.29. The molecule has 17 heavy (non-hydrogen) atoms. The summed E-state index contributed by atoms with van der Waals surface area (Å²) in [5, 5.41) is 14.8. The first-order valence-corrected chi connectivity index (χ1v) is 6.84. The number of aromatic nitrogens is 2. The first-order valence-electron chi connectivity index (χ1n) is 6.03. The van der Waals surface area contributed by atoms with Gasteiger partial charge in [0.2, 0.25) is 10.1 Å². The Morgan fingerprint density at radius 3 is 2.76 bits per heavy atom. The van der Waals surface area contributed by atoms with Crippen LogP contribution in [0, 0.1) is 5.92 Å². The fraction of sp³-hybridized carbons (Fsp3) is 0.727. The van der Waals surface area contributed by atoms with Gasteiger partial charge in [0, 0.05) is 13.1 Å². The molecule has 1 saturated carbocycles. The second kappa shape index (κ2) is 5.44. The number of nitrogens with one attached hydrogen (secondary N) is 2. The largest absolute Gasteiger partial charge is 0.363 e. The Labute approximate surface area is 105 Å². The molecule has 1 fully saturated rings. The van der Waals surface area contributed by atoms with Crippen molar-refractivity contribution < 1.29 is 4.79 Å². The molecule has 1 heterocycles. The fourth-order valence-electron chi connectivity index (χ4n) is 2.18.